The summed E-state index contributed by atoms with van der Waals surface area (Å²) in [4.78, 5) is 0.775. The summed E-state index contributed by atoms with van der Waals surface area (Å²) < 4.78 is 22.6. The Balaban J connectivity index is 2.49. The molecule has 1 aromatic rings. The van der Waals surface area contributed by atoms with Crippen LogP contribution in [0.5, 0.6) is 5.75 Å². The summed E-state index contributed by atoms with van der Waals surface area (Å²) >= 11 is 1.44. The zero-order chi connectivity index (χ0) is 13.4. The molecular formula is C12H19O4PS. The number of thioether (sulfide) groups is 1. The minimum Gasteiger partial charge on any atom is -0.507 e. The van der Waals surface area contributed by atoms with E-state index in [1.165, 1.54) is 11.8 Å². The van der Waals surface area contributed by atoms with Gasteiger partial charge in [0.2, 0.25) is 0 Å². The Morgan fingerprint density at radius 1 is 1.22 bits per heavy atom. The molecule has 18 heavy (non-hydrogen) atoms. The highest BCUT2D eigenvalue weighted by molar-refractivity contribution is 7.99. The Labute approximate surface area is 112 Å². The van der Waals surface area contributed by atoms with E-state index in [0.717, 1.165) is 4.90 Å². The zero-order valence-electron chi connectivity index (χ0n) is 10.7. The maximum Gasteiger partial charge on any atom is 0.331 e. The van der Waals surface area contributed by atoms with E-state index in [0.29, 0.717) is 25.1 Å². The van der Waals surface area contributed by atoms with Crippen LogP contribution in [0.3, 0.4) is 0 Å². The fourth-order valence-corrected chi connectivity index (χ4v) is 4.40. The minimum atomic E-state index is -2.97. The van der Waals surface area contributed by atoms with Crippen molar-refractivity contribution in [2.24, 2.45) is 0 Å². The molecule has 0 atom stereocenters. The summed E-state index contributed by atoms with van der Waals surface area (Å²) in [6, 6.07) is 7.08. The van der Waals surface area contributed by atoms with Crippen LogP contribution in [0.15, 0.2) is 29.2 Å². The highest BCUT2D eigenvalue weighted by Crippen LogP contribution is 2.48. The SMILES string of the molecule is CCOP(=O)(CCSc1ccccc1O)OCC. The third-order valence-electron chi connectivity index (χ3n) is 2.14. The van der Waals surface area contributed by atoms with E-state index in [1.807, 2.05) is 12.1 Å². The Hall–Kier alpha value is -0.480. The zero-order valence-corrected chi connectivity index (χ0v) is 12.4. The summed E-state index contributed by atoms with van der Waals surface area (Å²) in [5.74, 6) is 0.819. The molecule has 102 valence electrons. The standard InChI is InChI=1S/C12H19O4PS/c1-3-15-17(14,16-4-2)9-10-18-12-8-6-5-7-11(12)13/h5-8,13H,3-4,9-10H2,1-2H3. The fraction of sp³-hybridized carbons (Fsp3) is 0.500. The van der Waals surface area contributed by atoms with Crippen molar-refractivity contribution in [3.63, 3.8) is 0 Å². The smallest absolute Gasteiger partial charge is 0.331 e. The van der Waals surface area contributed by atoms with Crippen LogP contribution >= 0.6 is 19.4 Å². The van der Waals surface area contributed by atoms with Crippen molar-refractivity contribution in [1.82, 2.24) is 0 Å². The molecule has 0 heterocycles. The van der Waals surface area contributed by atoms with Gasteiger partial charge in [-0.05, 0) is 26.0 Å². The minimum absolute atomic E-state index is 0.241. The van der Waals surface area contributed by atoms with Gasteiger partial charge >= 0.3 is 7.60 Å². The van der Waals surface area contributed by atoms with Gasteiger partial charge in [0.1, 0.15) is 5.75 Å². The van der Waals surface area contributed by atoms with Crippen molar-refractivity contribution in [2.45, 2.75) is 18.7 Å². The molecule has 1 aromatic carbocycles. The molecule has 1 N–H and O–H groups in total. The Bertz CT molecular complexity index is 401. The third kappa shape index (κ3) is 5.02. The normalized spacial score (nSPS) is 11.7. The maximum absolute atomic E-state index is 12.2. The molecule has 0 radical (unpaired) electrons. The lowest BCUT2D eigenvalue weighted by Gasteiger charge is -2.16. The second-order valence-electron chi connectivity index (χ2n) is 3.49. The van der Waals surface area contributed by atoms with E-state index in [-0.39, 0.29) is 5.75 Å². The van der Waals surface area contributed by atoms with E-state index >= 15 is 0 Å². The number of phenolic OH excluding ortho intramolecular Hbond substituents is 1. The van der Waals surface area contributed by atoms with Gasteiger partial charge in [0, 0.05) is 10.6 Å². The summed E-state index contributed by atoms with van der Waals surface area (Å²) in [6.45, 7) is 4.33. The average molecular weight is 290 g/mol. The molecule has 0 fully saturated rings. The number of rotatable bonds is 8. The molecule has 0 aliphatic rings. The van der Waals surface area contributed by atoms with Gasteiger partial charge in [-0.1, -0.05) is 12.1 Å². The number of aromatic hydroxyl groups is 1. The molecule has 0 aliphatic heterocycles. The summed E-state index contributed by atoms with van der Waals surface area (Å²) in [7, 11) is -2.97. The van der Waals surface area contributed by atoms with Crippen molar-refractivity contribution >= 4 is 19.4 Å². The van der Waals surface area contributed by atoms with Crippen LogP contribution in [0.2, 0.25) is 0 Å². The summed E-state index contributed by atoms with van der Waals surface area (Å²) in [6.07, 6.45) is 0.341. The van der Waals surface area contributed by atoms with Gasteiger partial charge in [0.25, 0.3) is 0 Å². The number of benzene rings is 1. The molecule has 6 heteroatoms. The molecule has 0 aliphatic carbocycles. The first-order chi connectivity index (χ1) is 8.61. The van der Waals surface area contributed by atoms with E-state index in [9.17, 15) is 9.67 Å². The lowest BCUT2D eigenvalue weighted by molar-refractivity contribution is 0.221. The van der Waals surface area contributed by atoms with Gasteiger partial charge in [0.15, 0.2) is 0 Å². The van der Waals surface area contributed by atoms with Crippen molar-refractivity contribution in [1.29, 1.82) is 0 Å². The van der Waals surface area contributed by atoms with Crippen LogP contribution in [0.25, 0.3) is 0 Å². The molecule has 0 unspecified atom stereocenters. The molecular weight excluding hydrogens is 271 g/mol. The van der Waals surface area contributed by atoms with E-state index in [4.69, 9.17) is 9.05 Å². The van der Waals surface area contributed by atoms with Crippen molar-refractivity contribution in [2.75, 3.05) is 25.1 Å². The second kappa shape index (κ2) is 7.85. The van der Waals surface area contributed by atoms with Crippen LogP contribution in [0.4, 0.5) is 0 Å². The van der Waals surface area contributed by atoms with Crippen LogP contribution in [0.1, 0.15) is 13.8 Å². The predicted molar refractivity (Wildman–Crippen MR) is 74.6 cm³/mol. The van der Waals surface area contributed by atoms with Gasteiger partial charge in [-0.15, -0.1) is 11.8 Å². The number of hydrogen-bond donors (Lipinski definition) is 1. The Kier molecular flexibility index (Phi) is 6.79. The van der Waals surface area contributed by atoms with Gasteiger partial charge < -0.3 is 14.2 Å². The predicted octanol–water partition coefficient (Wildman–Crippen LogP) is 3.75. The molecule has 0 bridgehead atoms. The van der Waals surface area contributed by atoms with E-state index in [2.05, 4.69) is 0 Å². The quantitative estimate of drug-likeness (QED) is 0.583. The third-order valence-corrected chi connectivity index (χ3v) is 5.58. The summed E-state index contributed by atoms with van der Waals surface area (Å²) in [5.41, 5.74) is 0. The first-order valence-electron chi connectivity index (χ1n) is 5.90. The molecule has 0 spiro atoms. The number of hydrogen-bond acceptors (Lipinski definition) is 5. The monoisotopic (exact) mass is 290 g/mol. The Morgan fingerprint density at radius 3 is 2.39 bits per heavy atom. The first kappa shape index (κ1) is 15.6. The van der Waals surface area contributed by atoms with Crippen LogP contribution in [-0.2, 0) is 13.6 Å². The average Bonchev–Trinajstić information content (AvgIpc) is 2.32. The summed E-state index contributed by atoms with van der Waals surface area (Å²) in [5, 5.41) is 9.59. The molecule has 0 amide bonds. The molecule has 0 saturated heterocycles. The van der Waals surface area contributed by atoms with Crippen LogP contribution in [-0.4, -0.2) is 30.2 Å². The highest BCUT2D eigenvalue weighted by atomic mass is 32.2. The van der Waals surface area contributed by atoms with Crippen molar-refractivity contribution < 1.29 is 18.7 Å². The van der Waals surface area contributed by atoms with Gasteiger partial charge in [-0.25, -0.2) is 0 Å². The number of para-hydroxylation sites is 1. The number of phenols is 1. The molecule has 4 nitrogen and oxygen atoms in total. The topological polar surface area (TPSA) is 55.8 Å². The lowest BCUT2D eigenvalue weighted by atomic mass is 10.3. The molecule has 0 aromatic heterocycles. The lowest BCUT2D eigenvalue weighted by Crippen LogP contribution is -2.02. The van der Waals surface area contributed by atoms with E-state index in [1.54, 1.807) is 26.0 Å². The molecule has 0 saturated carbocycles. The van der Waals surface area contributed by atoms with Crippen molar-refractivity contribution in [3.8, 4) is 5.75 Å². The Morgan fingerprint density at radius 2 is 1.83 bits per heavy atom. The maximum atomic E-state index is 12.2. The van der Waals surface area contributed by atoms with Crippen LogP contribution in [0, 0.1) is 0 Å². The van der Waals surface area contributed by atoms with Crippen molar-refractivity contribution in [3.05, 3.63) is 24.3 Å². The highest BCUT2D eigenvalue weighted by Gasteiger charge is 2.22. The largest absolute Gasteiger partial charge is 0.507 e. The van der Waals surface area contributed by atoms with E-state index < -0.39 is 7.60 Å². The second-order valence-corrected chi connectivity index (χ2v) is 6.81. The van der Waals surface area contributed by atoms with Crippen LogP contribution < -0.4 is 0 Å². The van der Waals surface area contributed by atoms with Gasteiger partial charge in [0.05, 0.1) is 19.4 Å². The first-order valence-corrected chi connectivity index (χ1v) is 8.61. The fourth-order valence-electron chi connectivity index (χ4n) is 1.41. The van der Waals surface area contributed by atoms with Gasteiger partial charge in [-0.2, -0.15) is 0 Å². The molecule has 1 rings (SSSR count). The van der Waals surface area contributed by atoms with Gasteiger partial charge in [-0.3, -0.25) is 4.57 Å².